The van der Waals surface area contributed by atoms with Gasteiger partial charge in [-0.3, -0.25) is 4.79 Å². The summed E-state index contributed by atoms with van der Waals surface area (Å²) in [6, 6.07) is 22.3. The van der Waals surface area contributed by atoms with Crippen LogP contribution < -0.4 is 5.73 Å². The molecular weight excluding hydrogens is 388 g/mol. The van der Waals surface area contributed by atoms with Crippen molar-refractivity contribution in [1.29, 1.82) is 0 Å². The molecule has 1 fully saturated rings. The zero-order chi connectivity index (χ0) is 21.2. The highest BCUT2D eigenvalue weighted by Crippen LogP contribution is 2.32. The Balaban J connectivity index is 1.51. The van der Waals surface area contributed by atoms with Crippen LogP contribution in [-0.4, -0.2) is 52.9 Å². The first-order chi connectivity index (χ1) is 15.2. The molecule has 6 nitrogen and oxygen atoms in total. The third-order valence-electron chi connectivity index (χ3n) is 5.79. The van der Waals surface area contributed by atoms with E-state index < -0.39 is 0 Å². The van der Waals surface area contributed by atoms with Crippen LogP contribution in [0.5, 0.6) is 0 Å². The first-order valence-electron chi connectivity index (χ1n) is 10.5. The smallest absolute Gasteiger partial charge is 0.254 e. The number of hydrogen-bond acceptors (Lipinski definition) is 4. The van der Waals surface area contributed by atoms with E-state index >= 15 is 0 Å². The fourth-order valence-corrected chi connectivity index (χ4v) is 4.17. The Bertz CT molecular complexity index is 1200. The van der Waals surface area contributed by atoms with Crippen molar-refractivity contribution in [3.63, 3.8) is 0 Å². The molecule has 2 heterocycles. The molecule has 1 saturated heterocycles. The second kappa shape index (κ2) is 8.34. The average Bonchev–Trinajstić information content (AvgIpc) is 3.38. The summed E-state index contributed by atoms with van der Waals surface area (Å²) in [4.78, 5) is 15.2. The Morgan fingerprint density at radius 3 is 2.58 bits per heavy atom. The molecule has 1 atom stereocenters. The number of nitrogens with zero attached hydrogens (tertiary/aromatic N) is 3. The van der Waals surface area contributed by atoms with E-state index in [0.29, 0.717) is 31.8 Å². The van der Waals surface area contributed by atoms with Gasteiger partial charge in [0.15, 0.2) is 0 Å². The van der Waals surface area contributed by atoms with Gasteiger partial charge in [-0.2, -0.15) is 5.10 Å². The topological polar surface area (TPSA) is 73.4 Å². The first kappa shape index (κ1) is 19.5. The van der Waals surface area contributed by atoms with Crippen molar-refractivity contribution in [1.82, 2.24) is 14.7 Å². The third-order valence-corrected chi connectivity index (χ3v) is 5.79. The molecule has 1 aliphatic heterocycles. The SMILES string of the molecule is NCC1CN(C(=O)c2ccc(-c3ccc(-n4cccn4)cc3)c3ccccc23)CCO1. The quantitative estimate of drug-likeness (QED) is 0.557. The molecule has 156 valence electrons. The maximum Gasteiger partial charge on any atom is 0.254 e. The van der Waals surface area contributed by atoms with Gasteiger partial charge < -0.3 is 15.4 Å². The zero-order valence-electron chi connectivity index (χ0n) is 17.1. The minimum atomic E-state index is -0.100. The molecule has 31 heavy (non-hydrogen) atoms. The molecule has 1 aliphatic rings. The van der Waals surface area contributed by atoms with Gasteiger partial charge in [-0.05, 0) is 46.2 Å². The van der Waals surface area contributed by atoms with Gasteiger partial charge in [0.25, 0.3) is 5.91 Å². The molecule has 0 aliphatic carbocycles. The van der Waals surface area contributed by atoms with Crippen LogP contribution in [0.15, 0.2) is 79.1 Å². The Labute approximate surface area is 180 Å². The highest BCUT2D eigenvalue weighted by Gasteiger charge is 2.25. The summed E-state index contributed by atoms with van der Waals surface area (Å²) < 4.78 is 7.45. The predicted octanol–water partition coefficient (Wildman–Crippen LogP) is 3.49. The van der Waals surface area contributed by atoms with E-state index in [0.717, 1.165) is 27.6 Å². The molecule has 4 aromatic rings. The number of amides is 1. The number of ether oxygens (including phenoxy) is 1. The summed E-state index contributed by atoms with van der Waals surface area (Å²) in [5, 5.41) is 6.30. The molecule has 1 unspecified atom stereocenters. The molecular formula is C25H24N4O2. The van der Waals surface area contributed by atoms with Gasteiger partial charge in [0, 0.05) is 37.6 Å². The Kier molecular flexibility index (Phi) is 5.24. The van der Waals surface area contributed by atoms with Crippen LogP contribution in [0.3, 0.4) is 0 Å². The van der Waals surface area contributed by atoms with Gasteiger partial charge in [-0.25, -0.2) is 4.68 Å². The van der Waals surface area contributed by atoms with E-state index in [4.69, 9.17) is 10.5 Å². The van der Waals surface area contributed by atoms with Crippen LogP contribution in [0.1, 0.15) is 10.4 Å². The minimum Gasteiger partial charge on any atom is -0.373 e. The van der Waals surface area contributed by atoms with Crippen molar-refractivity contribution in [2.24, 2.45) is 5.73 Å². The van der Waals surface area contributed by atoms with Gasteiger partial charge in [-0.1, -0.05) is 42.5 Å². The van der Waals surface area contributed by atoms with E-state index in [1.54, 1.807) is 6.20 Å². The van der Waals surface area contributed by atoms with Gasteiger partial charge in [0.05, 0.1) is 18.4 Å². The number of morpholine rings is 1. The molecule has 6 heteroatoms. The lowest BCUT2D eigenvalue weighted by Gasteiger charge is -2.32. The average molecular weight is 412 g/mol. The maximum atomic E-state index is 13.3. The van der Waals surface area contributed by atoms with Gasteiger partial charge in [0.2, 0.25) is 0 Å². The Morgan fingerprint density at radius 1 is 1.03 bits per heavy atom. The number of carbonyl (C=O) groups is 1. The molecule has 5 rings (SSSR count). The van der Waals surface area contributed by atoms with Gasteiger partial charge in [-0.15, -0.1) is 0 Å². The van der Waals surface area contributed by atoms with Gasteiger partial charge in [0.1, 0.15) is 0 Å². The Morgan fingerprint density at radius 2 is 1.84 bits per heavy atom. The second-order valence-corrected chi connectivity index (χ2v) is 7.68. The van der Waals surface area contributed by atoms with Crippen LogP contribution in [0, 0.1) is 0 Å². The normalized spacial score (nSPS) is 16.5. The number of hydrogen-bond donors (Lipinski definition) is 1. The highest BCUT2D eigenvalue weighted by atomic mass is 16.5. The standard InChI is InChI=1S/C25H24N4O2/c26-16-20-17-28(14-15-31-20)25(30)24-11-10-21(22-4-1-2-5-23(22)24)18-6-8-19(9-7-18)29-13-3-12-27-29/h1-13,20H,14-17,26H2. The number of carbonyl (C=O) groups excluding carboxylic acids is 1. The summed E-state index contributed by atoms with van der Waals surface area (Å²) in [5.74, 6) is 0.0264. The van der Waals surface area contributed by atoms with Crippen molar-refractivity contribution in [2.75, 3.05) is 26.2 Å². The number of nitrogens with two attached hydrogens (primary N) is 1. The molecule has 2 N–H and O–H groups in total. The summed E-state index contributed by atoms with van der Waals surface area (Å²) >= 11 is 0. The molecule has 1 aromatic heterocycles. The largest absolute Gasteiger partial charge is 0.373 e. The van der Waals surface area contributed by atoms with Crippen LogP contribution in [0.4, 0.5) is 0 Å². The third kappa shape index (κ3) is 3.71. The maximum absolute atomic E-state index is 13.3. The summed E-state index contributed by atoms with van der Waals surface area (Å²) in [6.07, 6.45) is 3.59. The van der Waals surface area contributed by atoms with Crippen molar-refractivity contribution in [3.05, 3.63) is 84.7 Å². The zero-order valence-corrected chi connectivity index (χ0v) is 17.1. The van der Waals surface area contributed by atoms with E-state index in [9.17, 15) is 4.79 Å². The van der Waals surface area contributed by atoms with E-state index in [-0.39, 0.29) is 12.0 Å². The molecule has 0 spiro atoms. The molecule has 0 bridgehead atoms. The van der Waals surface area contributed by atoms with Crippen LogP contribution in [0.2, 0.25) is 0 Å². The van der Waals surface area contributed by atoms with Crippen molar-refractivity contribution < 1.29 is 9.53 Å². The van der Waals surface area contributed by atoms with Crippen LogP contribution in [0.25, 0.3) is 27.6 Å². The number of benzene rings is 3. The van der Waals surface area contributed by atoms with E-state index in [2.05, 4.69) is 35.4 Å². The lowest BCUT2D eigenvalue weighted by Crippen LogP contribution is -2.48. The summed E-state index contributed by atoms with van der Waals surface area (Å²) in [6.45, 7) is 2.05. The number of fused-ring (bicyclic) bond motifs is 1. The van der Waals surface area contributed by atoms with E-state index in [1.165, 1.54) is 0 Å². The van der Waals surface area contributed by atoms with Gasteiger partial charge >= 0.3 is 0 Å². The summed E-state index contributed by atoms with van der Waals surface area (Å²) in [7, 11) is 0. The van der Waals surface area contributed by atoms with Crippen LogP contribution in [-0.2, 0) is 4.74 Å². The monoisotopic (exact) mass is 412 g/mol. The lowest BCUT2D eigenvalue weighted by molar-refractivity contribution is -0.0166. The minimum absolute atomic E-state index is 0.0264. The number of rotatable bonds is 4. The molecule has 0 radical (unpaired) electrons. The Hall–Kier alpha value is -3.48. The number of aromatic nitrogens is 2. The van der Waals surface area contributed by atoms with Crippen molar-refractivity contribution in [3.8, 4) is 16.8 Å². The fraction of sp³-hybridized carbons (Fsp3) is 0.200. The lowest BCUT2D eigenvalue weighted by atomic mass is 9.94. The van der Waals surface area contributed by atoms with E-state index in [1.807, 2.05) is 52.2 Å². The van der Waals surface area contributed by atoms with Crippen molar-refractivity contribution in [2.45, 2.75) is 6.10 Å². The van der Waals surface area contributed by atoms with Crippen LogP contribution >= 0.6 is 0 Å². The first-order valence-corrected chi connectivity index (χ1v) is 10.5. The summed E-state index contributed by atoms with van der Waals surface area (Å²) in [5.41, 5.74) is 9.67. The van der Waals surface area contributed by atoms with Crippen molar-refractivity contribution >= 4 is 16.7 Å². The fourth-order valence-electron chi connectivity index (χ4n) is 4.17. The highest BCUT2D eigenvalue weighted by molar-refractivity contribution is 6.11. The predicted molar refractivity (Wildman–Crippen MR) is 121 cm³/mol. The molecule has 0 saturated carbocycles. The molecule has 3 aromatic carbocycles. The molecule has 1 amide bonds. The second-order valence-electron chi connectivity index (χ2n) is 7.68.